The van der Waals surface area contributed by atoms with E-state index in [1.54, 1.807) is 19.2 Å². The van der Waals surface area contributed by atoms with E-state index in [4.69, 9.17) is 27.2 Å². The Morgan fingerprint density at radius 3 is 2.80 bits per heavy atom. The van der Waals surface area contributed by atoms with Gasteiger partial charge in [-0.1, -0.05) is 11.6 Å². The number of rotatable bonds is 5. The molecule has 0 heterocycles. The quantitative estimate of drug-likeness (QED) is 0.332. The SMILES string of the molecule is CNc1cc([B]OCN)c(Cl)cc1NO. The van der Waals surface area contributed by atoms with Crippen LogP contribution in [0.2, 0.25) is 5.02 Å². The molecule has 5 N–H and O–H groups in total. The molecule has 0 saturated carbocycles. The second kappa shape index (κ2) is 5.82. The van der Waals surface area contributed by atoms with Crippen LogP contribution in [0.5, 0.6) is 0 Å². The molecule has 0 bridgehead atoms. The van der Waals surface area contributed by atoms with Gasteiger partial charge in [-0.15, -0.1) is 0 Å². The molecule has 0 spiro atoms. The van der Waals surface area contributed by atoms with Gasteiger partial charge in [-0.3, -0.25) is 10.7 Å². The van der Waals surface area contributed by atoms with Crippen LogP contribution in [-0.2, 0) is 4.65 Å². The molecule has 5 nitrogen and oxygen atoms in total. The summed E-state index contributed by atoms with van der Waals surface area (Å²) in [5.74, 6) is 0. The van der Waals surface area contributed by atoms with Crippen LogP contribution >= 0.6 is 11.6 Å². The van der Waals surface area contributed by atoms with E-state index in [1.807, 2.05) is 5.48 Å². The molecule has 0 fully saturated rings. The van der Waals surface area contributed by atoms with Crippen molar-refractivity contribution in [3.05, 3.63) is 17.2 Å². The Hall–Kier alpha value is -0.945. The van der Waals surface area contributed by atoms with Crippen molar-refractivity contribution in [3.8, 4) is 0 Å². The van der Waals surface area contributed by atoms with Gasteiger partial charge in [0.05, 0.1) is 18.1 Å². The molecule has 0 amide bonds. The van der Waals surface area contributed by atoms with Gasteiger partial charge in [0.15, 0.2) is 0 Å². The number of hydrogen-bond acceptors (Lipinski definition) is 5. The lowest BCUT2D eigenvalue weighted by molar-refractivity contribution is 0.355. The summed E-state index contributed by atoms with van der Waals surface area (Å²) in [5, 5.41) is 12.2. The summed E-state index contributed by atoms with van der Waals surface area (Å²) in [4.78, 5) is 0. The van der Waals surface area contributed by atoms with Gasteiger partial charge < -0.3 is 15.7 Å². The Bertz CT molecular complexity index is 338. The molecule has 0 aliphatic heterocycles. The fraction of sp³-hybridized carbons (Fsp3) is 0.250. The molecular weight excluding hydrogens is 216 g/mol. The molecule has 81 valence electrons. The molecule has 1 radical (unpaired) electrons. The van der Waals surface area contributed by atoms with Crippen LogP contribution in [0.15, 0.2) is 12.1 Å². The maximum absolute atomic E-state index is 8.83. The first kappa shape index (κ1) is 12.1. The Morgan fingerprint density at radius 1 is 1.53 bits per heavy atom. The first-order chi connectivity index (χ1) is 7.22. The second-order valence-electron chi connectivity index (χ2n) is 2.73. The van der Waals surface area contributed by atoms with Crippen molar-refractivity contribution >= 4 is 35.9 Å². The van der Waals surface area contributed by atoms with Crippen LogP contribution < -0.4 is 22.0 Å². The summed E-state index contributed by atoms with van der Waals surface area (Å²) < 4.78 is 4.93. The van der Waals surface area contributed by atoms with E-state index in [1.165, 1.54) is 7.48 Å². The molecule has 0 aliphatic rings. The van der Waals surface area contributed by atoms with Gasteiger partial charge in [0, 0.05) is 12.1 Å². The van der Waals surface area contributed by atoms with Crippen molar-refractivity contribution < 1.29 is 9.86 Å². The minimum Gasteiger partial charge on any atom is -0.422 e. The van der Waals surface area contributed by atoms with Crippen molar-refractivity contribution in [1.29, 1.82) is 0 Å². The lowest BCUT2D eigenvalue weighted by atomic mass is 9.87. The first-order valence-corrected chi connectivity index (χ1v) is 4.67. The van der Waals surface area contributed by atoms with E-state index < -0.39 is 0 Å². The highest BCUT2D eigenvalue weighted by Gasteiger charge is 2.08. The molecule has 0 atom stereocenters. The number of hydrogen-bond donors (Lipinski definition) is 4. The van der Waals surface area contributed by atoms with Gasteiger partial charge in [0.25, 0.3) is 0 Å². The molecule has 0 aliphatic carbocycles. The van der Waals surface area contributed by atoms with Crippen LogP contribution in [0, 0.1) is 0 Å². The fourth-order valence-electron chi connectivity index (χ4n) is 1.12. The van der Waals surface area contributed by atoms with Crippen molar-refractivity contribution in [3.63, 3.8) is 0 Å². The van der Waals surface area contributed by atoms with Gasteiger partial charge >= 0.3 is 7.48 Å². The molecule has 7 heteroatoms. The van der Waals surface area contributed by atoms with Crippen LogP contribution in [0.1, 0.15) is 0 Å². The average Bonchev–Trinajstić information content (AvgIpc) is 2.27. The highest BCUT2D eigenvalue weighted by Crippen LogP contribution is 2.23. The normalized spacial score (nSPS) is 9.87. The summed E-state index contributed by atoms with van der Waals surface area (Å²) in [5.41, 5.74) is 9.11. The lowest BCUT2D eigenvalue weighted by Gasteiger charge is -2.11. The molecule has 15 heavy (non-hydrogen) atoms. The van der Waals surface area contributed by atoms with Gasteiger partial charge in [-0.25, -0.2) is 0 Å². The minimum absolute atomic E-state index is 0.0885. The smallest absolute Gasteiger partial charge is 0.333 e. The molecule has 1 rings (SSSR count). The van der Waals surface area contributed by atoms with Crippen LogP contribution in [-0.4, -0.2) is 26.5 Å². The number of nitrogens with one attached hydrogen (secondary N) is 2. The number of nitrogens with two attached hydrogens (primary N) is 1. The molecular formula is C8H12BClN3O2. The summed E-state index contributed by atoms with van der Waals surface area (Å²) in [6, 6.07) is 3.32. The topological polar surface area (TPSA) is 79.5 Å². The Labute approximate surface area is 93.8 Å². The van der Waals surface area contributed by atoms with Crippen molar-refractivity contribution in [2.75, 3.05) is 24.6 Å². The Morgan fingerprint density at radius 2 is 2.27 bits per heavy atom. The minimum atomic E-state index is 0.0885. The third-order valence-electron chi connectivity index (χ3n) is 1.83. The highest BCUT2D eigenvalue weighted by atomic mass is 35.5. The standard InChI is InChI=1S/C8H12BClN3O2/c1-12-7-2-5(9-15-4-11)6(10)3-8(7)13-14/h2-3,12-14H,4,11H2,1H3. The van der Waals surface area contributed by atoms with Crippen molar-refractivity contribution in [2.45, 2.75) is 0 Å². The third kappa shape index (κ3) is 3.00. The van der Waals surface area contributed by atoms with Gasteiger partial charge in [-0.2, -0.15) is 0 Å². The van der Waals surface area contributed by atoms with Gasteiger partial charge in [0.1, 0.15) is 0 Å². The zero-order chi connectivity index (χ0) is 11.3. The summed E-state index contributed by atoms with van der Waals surface area (Å²) in [6.07, 6.45) is 0. The average molecular weight is 228 g/mol. The van der Waals surface area contributed by atoms with E-state index in [-0.39, 0.29) is 6.73 Å². The van der Waals surface area contributed by atoms with Crippen LogP contribution in [0.4, 0.5) is 11.4 Å². The van der Waals surface area contributed by atoms with Gasteiger partial charge in [0.2, 0.25) is 0 Å². The number of halogens is 1. The largest absolute Gasteiger partial charge is 0.422 e. The Balaban J connectivity index is 2.97. The zero-order valence-electron chi connectivity index (χ0n) is 8.25. The van der Waals surface area contributed by atoms with E-state index in [0.29, 0.717) is 21.9 Å². The van der Waals surface area contributed by atoms with Gasteiger partial charge in [-0.05, 0) is 17.6 Å². The van der Waals surface area contributed by atoms with Crippen molar-refractivity contribution in [1.82, 2.24) is 0 Å². The molecule has 0 saturated heterocycles. The first-order valence-electron chi connectivity index (χ1n) is 4.29. The fourth-order valence-corrected chi connectivity index (χ4v) is 1.33. The van der Waals surface area contributed by atoms with E-state index in [2.05, 4.69) is 5.32 Å². The van der Waals surface area contributed by atoms with Crippen LogP contribution in [0.25, 0.3) is 0 Å². The highest BCUT2D eigenvalue weighted by molar-refractivity contribution is 6.54. The maximum Gasteiger partial charge on any atom is 0.333 e. The molecule has 0 unspecified atom stereocenters. The lowest BCUT2D eigenvalue weighted by Crippen LogP contribution is -2.22. The second-order valence-corrected chi connectivity index (χ2v) is 3.14. The summed E-state index contributed by atoms with van der Waals surface area (Å²) in [6.45, 7) is 0.0885. The Kier molecular flexibility index (Phi) is 4.70. The maximum atomic E-state index is 8.83. The number of benzene rings is 1. The summed E-state index contributed by atoms with van der Waals surface area (Å²) in [7, 11) is 3.20. The van der Waals surface area contributed by atoms with Crippen LogP contribution in [0.3, 0.4) is 0 Å². The predicted octanol–water partition coefficient (Wildman–Crippen LogP) is 0.360. The monoisotopic (exact) mass is 228 g/mol. The molecule has 1 aromatic carbocycles. The number of anilines is 2. The van der Waals surface area contributed by atoms with E-state index in [9.17, 15) is 0 Å². The predicted molar refractivity (Wildman–Crippen MR) is 61.9 cm³/mol. The van der Waals surface area contributed by atoms with E-state index in [0.717, 1.165) is 0 Å². The zero-order valence-corrected chi connectivity index (χ0v) is 9.01. The third-order valence-corrected chi connectivity index (χ3v) is 2.16. The van der Waals surface area contributed by atoms with Crippen molar-refractivity contribution in [2.24, 2.45) is 5.73 Å². The molecule has 1 aromatic rings. The molecule has 0 aromatic heterocycles. The van der Waals surface area contributed by atoms with E-state index >= 15 is 0 Å². The summed E-state index contributed by atoms with van der Waals surface area (Å²) >= 11 is 5.94.